The number of aldehydes is 1. The van der Waals surface area contributed by atoms with E-state index in [1.165, 1.54) is 4.90 Å². The normalized spacial score (nSPS) is 14.2. The molecule has 0 aliphatic heterocycles. The van der Waals surface area contributed by atoms with Crippen LogP contribution in [0.5, 0.6) is 0 Å². The van der Waals surface area contributed by atoms with Crippen LogP contribution >= 0.6 is 0 Å². The van der Waals surface area contributed by atoms with Gasteiger partial charge < -0.3 is 9.53 Å². The highest BCUT2D eigenvalue weighted by molar-refractivity contribution is 5.78. The minimum atomic E-state index is -1.05. The molecular formula is C17H25NO3. The van der Waals surface area contributed by atoms with Crippen molar-refractivity contribution in [2.24, 2.45) is 0 Å². The Labute approximate surface area is 127 Å². The molecule has 21 heavy (non-hydrogen) atoms. The Morgan fingerprint density at radius 3 is 2.29 bits per heavy atom. The van der Waals surface area contributed by atoms with Gasteiger partial charge >= 0.3 is 6.09 Å². The van der Waals surface area contributed by atoms with E-state index in [0.717, 1.165) is 23.8 Å². The van der Waals surface area contributed by atoms with Crippen LogP contribution in [0, 0.1) is 0 Å². The van der Waals surface area contributed by atoms with Crippen LogP contribution in [0.1, 0.15) is 45.7 Å². The van der Waals surface area contributed by atoms with E-state index in [4.69, 9.17) is 4.74 Å². The molecule has 0 saturated carbocycles. The molecule has 0 aromatic heterocycles. The van der Waals surface area contributed by atoms with E-state index in [-0.39, 0.29) is 0 Å². The standard InChI is InChI=1S/C17H25NO3/c1-7-13-10-8-9-11-14(13)17(5,12-19)18(6)15(20)21-16(2,3)4/h8-12H,7H2,1-6H3. The first kappa shape index (κ1) is 17.2. The number of hydrogen-bond acceptors (Lipinski definition) is 3. The molecule has 1 aromatic rings. The van der Waals surface area contributed by atoms with E-state index in [0.29, 0.717) is 0 Å². The predicted octanol–water partition coefficient (Wildman–Crippen LogP) is 3.53. The number of ether oxygens (including phenoxy) is 1. The summed E-state index contributed by atoms with van der Waals surface area (Å²) >= 11 is 0. The third kappa shape index (κ3) is 3.84. The number of hydrogen-bond donors (Lipinski definition) is 0. The average molecular weight is 291 g/mol. The lowest BCUT2D eigenvalue weighted by Crippen LogP contribution is -2.48. The van der Waals surface area contributed by atoms with Crippen LogP contribution < -0.4 is 0 Å². The zero-order valence-electron chi connectivity index (χ0n) is 13.8. The van der Waals surface area contributed by atoms with Gasteiger partial charge in [0.15, 0.2) is 0 Å². The van der Waals surface area contributed by atoms with Gasteiger partial charge in [-0.15, -0.1) is 0 Å². The summed E-state index contributed by atoms with van der Waals surface area (Å²) in [6.45, 7) is 9.17. The lowest BCUT2D eigenvalue weighted by molar-refractivity contribution is -0.117. The molecule has 0 radical (unpaired) electrons. The highest BCUT2D eigenvalue weighted by atomic mass is 16.6. The van der Waals surface area contributed by atoms with Crippen LogP contribution in [0.25, 0.3) is 0 Å². The van der Waals surface area contributed by atoms with Crippen molar-refractivity contribution in [2.75, 3.05) is 7.05 Å². The fourth-order valence-corrected chi connectivity index (χ4v) is 2.17. The van der Waals surface area contributed by atoms with Crippen LogP contribution in [0.3, 0.4) is 0 Å². The van der Waals surface area contributed by atoms with E-state index < -0.39 is 17.2 Å². The fourth-order valence-electron chi connectivity index (χ4n) is 2.17. The van der Waals surface area contributed by atoms with Gasteiger partial charge in [-0.3, -0.25) is 4.90 Å². The third-order valence-electron chi connectivity index (χ3n) is 3.54. The molecule has 0 saturated heterocycles. The van der Waals surface area contributed by atoms with Gasteiger partial charge in [0.1, 0.15) is 17.4 Å². The lowest BCUT2D eigenvalue weighted by Gasteiger charge is -2.36. The molecule has 1 rings (SSSR count). The fraction of sp³-hybridized carbons (Fsp3) is 0.529. The van der Waals surface area contributed by atoms with Gasteiger partial charge in [0, 0.05) is 7.05 Å². The summed E-state index contributed by atoms with van der Waals surface area (Å²) in [5.41, 5.74) is 0.229. The number of amides is 1. The Bertz CT molecular complexity index is 519. The van der Waals surface area contributed by atoms with Gasteiger partial charge in [0.2, 0.25) is 0 Å². The van der Waals surface area contributed by atoms with E-state index in [1.54, 1.807) is 34.7 Å². The van der Waals surface area contributed by atoms with Crippen molar-refractivity contribution in [2.45, 2.75) is 52.2 Å². The molecule has 0 aliphatic carbocycles. The van der Waals surface area contributed by atoms with Crippen molar-refractivity contribution >= 4 is 12.4 Å². The average Bonchev–Trinajstić information content (AvgIpc) is 2.43. The van der Waals surface area contributed by atoms with Gasteiger partial charge in [-0.05, 0) is 45.2 Å². The van der Waals surface area contributed by atoms with E-state index in [2.05, 4.69) is 0 Å². The summed E-state index contributed by atoms with van der Waals surface area (Å²) in [5, 5.41) is 0. The van der Waals surface area contributed by atoms with E-state index in [9.17, 15) is 9.59 Å². The highest BCUT2D eigenvalue weighted by Gasteiger charge is 2.37. The number of rotatable bonds is 4. The number of benzene rings is 1. The first-order chi connectivity index (χ1) is 9.65. The molecule has 1 aromatic carbocycles. The van der Waals surface area contributed by atoms with Crippen molar-refractivity contribution in [3.05, 3.63) is 35.4 Å². The summed E-state index contributed by atoms with van der Waals surface area (Å²) in [6, 6.07) is 7.66. The van der Waals surface area contributed by atoms with E-state index in [1.807, 2.05) is 31.2 Å². The van der Waals surface area contributed by atoms with Crippen LogP contribution in [-0.2, 0) is 21.5 Å². The number of nitrogens with zero attached hydrogens (tertiary/aromatic N) is 1. The minimum Gasteiger partial charge on any atom is -0.444 e. The number of carbonyl (C=O) groups is 2. The number of aryl methyl sites for hydroxylation is 1. The molecule has 0 N–H and O–H groups in total. The Morgan fingerprint density at radius 2 is 1.81 bits per heavy atom. The monoisotopic (exact) mass is 291 g/mol. The number of likely N-dealkylation sites (N-methyl/N-ethyl adjacent to an activating group) is 1. The van der Waals surface area contributed by atoms with Crippen molar-refractivity contribution in [1.29, 1.82) is 0 Å². The van der Waals surface area contributed by atoms with Gasteiger partial charge in [-0.1, -0.05) is 31.2 Å². The lowest BCUT2D eigenvalue weighted by atomic mass is 9.87. The summed E-state index contributed by atoms with van der Waals surface area (Å²) in [7, 11) is 1.59. The Balaban J connectivity index is 3.20. The molecule has 0 fully saturated rings. The molecule has 4 nitrogen and oxygen atoms in total. The largest absolute Gasteiger partial charge is 0.444 e. The SMILES string of the molecule is CCc1ccccc1C(C)(C=O)N(C)C(=O)OC(C)(C)C. The zero-order chi connectivity index (χ0) is 16.3. The maximum atomic E-state index is 12.3. The molecule has 0 spiro atoms. The molecule has 1 unspecified atom stereocenters. The number of carbonyl (C=O) groups excluding carboxylic acids is 2. The topological polar surface area (TPSA) is 46.6 Å². The molecule has 0 aliphatic rings. The van der Waals surface area contributed by atoms with Crippen LogP contribution in [-0.4, -0.2) is 29.9 Å². The molecule has 116 valence electrons. The maximum absolute atomic E-state index is 12.3. The van der Waals surface area contributed by atoms with Gasteiger partial charge in [-0.25, -0.2) is 4.79 Å². The van der Waals surface area contributed by atoms with Crippen molar-refractivity contribution in [3.8, 4) is 0 Å². The first-order valence-electron chi connectivity index (χ1n) is 7.17. The molecule has 0 bridgehead atoms. The Morgan fingerprint density at radius 1 is 1.24 bits per heavy atom. The molecule has 0 heterocycles. The maximum Gasteiger partial charge on any atom is 0.411 e. The first-order valence-corrected chi connectivity index (χ1v) is 7.17. The zero-order valence-corrected chi connectivity index (χ0v) is 13.8. The molecule has 1 amide bonds. The summed E-state index contributed by atoms with van der Waals surface area (Å²) in [4.78, 5) is 25.4. The van der Waals surface area contributed by atoms with Crippen molar-refractivity contribution in [1.82, 2.24) is 4.90 Å². The quantitative estimate of drug-likeness (QED) is 0.797. The molecule has 4 heteroatoms. The third-order valence-corrected chi connectivity index (χ3v) is 3.54. The van der Waals surface area contributed by atoms with E-state index >= 15 is 0 Å². The smallest absolute Gasteiger partial charge is 0.411 e. The predicted molar refractivity (Wildman–Crippen MR) is 83.2 cm³/mol. The minimum absolute atomic E-state index is 0.511. The van der Waals surface area contributed by atoms with Gasteiger partial charge in [-0.2, -0.15) is 0 Å². The second-order valence-electron chi connectivity index (χ2n) is 6.32. The van der Waals surface area contributed by atoms with Crippen LogP contribution in [0.2, 0.25) is 0 Å². The van der Waals surface area contributed by atoms with Crippen molar-refractivity contribution < 1.29 is 14.3 Å². The summed E-state index contributed by atoms with van der Waals surface area (Å²) in [6.07, 6.45) is 1.08. The Kier molecular flexibility index (Phi) is 5.15. The highest BCUT2D eigenvalue weighted by Crippen LogP contribution is 2.29. The van der Waals surface area contributed by atoms with Crippen LogP contribution in [0.4, 0.5) is 4.79 Å². The second-order valence-corrected chi connectivity index (χ2v) is 6.32. The summed E-state index contributed by atoms with van der Waals surface area (Å²) in [5.74, 6) is 0. The van der Waals surface area contributed by atoms with Crippen molar-refractivity contribution in [3.63, 3.8) is 0 Å². The van der Waals surface area contributed by atoms with Gasteiger partial charge in [0.05, 0.1) is 0 Å². The molecular weight excluding hydrogens is 266 g/mol. The summed E-state index contributed by atoms with van der Waals surface area (Å²) < 4.78 is 5.37. The second kappa shape index (κ2) is 6.29. The van der Waals surface area contributed by atoms with Crippen LogP contribution in [0.15, 0.2) is 24.3 Å². The Hall–Kier alpha value is -1.84. The van der Waals surface area contributed by atoms with Gasteiger partial charge in [0.25, 0.3) is 0 Å². The molecule has 1 atom stereocenters.